The van der Waals surface area contributed by atoms with Crippen molar-refractivity contribution >= 4 is 35.6 Å². The van der Waals surface area contributed by atoms with E-state index in [4.69, 9.17) is 9.52 Å². The quantitative estimate of drug-likeness (QED) is 0.313. The molecule has 2 N–H and O–H groups in total. The Morgan fingerprint density at radius 3 is 2.58 bits per heavy atom. The van der Waals surface area contributed by atoms with E-state index in [1.807, 2.05) is 23.1 Å². The normalized spacial score (nSPS) is 18.3. The summed E-state index contributed by atoms with van der Waals surface area (Å²) in [5, 5.41) is 17.0. The van der Waals surface area contributed by atoms with Gasteiger partial charge in [0.15, 0.2) is 5.96 Å². The molecule has 182 valence electrons. The molecule has 2 aliphatic heterocycles. The number of aliphatic hydroxyl groups excluding tert-OH is 1. The average molecular weight is 572 g/mol. The van der Waals surface area contributed by atoms with Crippen molar-refractivity contribution in [3.05, 3.63) is 47.6 Å². The van der Waals surface area contributed by atoms with E-state index in [0.717, 1.165) is 56.5 Å². The fourth-order valence-electron chi connectivity index (χ4n) is 4.27. The first-order chi connectivity index (χ1) is 15.6. The molecule has 33 heavy (non-hydrogen) atoms. The number of hydrogen-bond donors (Lipinski definition) is 2. The summed E-state index contributed by atoms with van der Waals surface area (Å²) in [6.07, 6.45) is 2.71. The molecule has 2 aliphatic rings. The number of piperidine rings is 1. The highest BCUT2D eigenvalue weighted by molar-refractivity contribution is 14.0. The highest BCUT2D eigenvalue weighted by atomic mass is 127. The van der Waals surface area contributed by atoms with Gasteiger partial charge in [0.2, 0.25) is 0 Å². The van der Waals surface area contributed by atoms with Crippen LogP contribution in [-0.2, 0) is 13.1 Å². The molecule has 0 unspecified atom stereocenters. The minimum absolute atomic E-state index is 0. The maximum atomic E-state index is 14.8. The van der Waals surface area contributed by atoms with Crippen molar-refractivity contribution in [3.63, 3.8) is 0 Å². The van der Waals surface area contributed by atoms with Crippen LogP contribution >= 0.6 is 24.0 Å². The first-order valence-corrected chi connectivity index (χ1v) is 11.5. The minimum Gasteiger partial charge on any atom is -0.393 e. The molecule has 0 atom stereocenters. The molecule has 1 aromatic heterocycles. The number of rotatable bonds is 6. The SMILES string of the molecule is CCNC(=NCc1ccc(N2CCC(O)CC2)c(F)c1)N1CCN(Cc2ccon2)CC1.I. The van der Waals surface area contributed by atoms with Crippen molar-refractivity contribution in [3.8, 4) is 0 Å². The van der Waals surface area contributed by atoms with Gasteiger partial charge in [0, 0.05) is 58.4 Å². The van der Waals surface area contributed by atoms with Gasteiger partial charge < -0.3 is 24.7 Å². The van der Waals surface area contributed by atoms with Crippen LogP contribution in [0.2, 0.25) is 0 Å². The van der Waals surface area contributed by atoms with E-state index in [1.165, 1.54) is 0 Å². The van der Waals surface area contributed by atoms with E-state index < -0.39 is 0 Å². The third-order valence-electron chi connectivity index (χ3n) is 6.11. The number of nitrogens with one attached hydrogen (secondary N) is 1. The number of benzene rings is 1. The summed E-state index contributed by atoms with van der Waals surface area (Å²) in [6, 6.07) is 7.28. The van der Waals surface area contributed by atoms with Gasteiger partial charge in [-0.15, -0.1) is 24.0 Å². The summed E-state index contributed by atoms with van der Waals surface area (Å²) in [6.45, 7) is 9.01. The molecule has 2 fully saturated rings. The largest absolute Gasteiger partial charge is 0.393 e. The van der Waals surface area contributed by atoms with Gasteiger partial charge in [-0.05, 0) is 37.5 Å². The molecule has 3 heterocycles. The molecule has 0 spiro atoms. The van der Waals surface area contributed by atoms with Gasteiger partial charge in [-0.2, -0.15) is 0 Å². The van der Waals surface area contributed by atoms with Crippen LogP contribution in [0.1, 0.15) is 31.0 Å². The Morgan fingerprint density at radius 1 is 1.18 bits per heavy atom. The van der Waals surface area contributed by atoms with E-state index >= 15 is 0 Å². The van der Waals surface area contributed by atoms with Crippen LogP contribution in [0.4, 0.5) is 10.1 Å². The number of aliphatic hydroxyl groups is 1. The molecule has 0 amide bonds. The summed E-state index contributed by atoms with van der Waals surface area (Å²) in [4.78, 5) is 11.4. The summed E-state index contributed by atoms with van der Waals surface area (Å²) in [5.74, 6) is 0.642. The lowest BCUT2D eigenvalue weighted by Crippen LogP contribution is -2.52. The average Bonchev–Trinajstić information content (AvgIpc) is 3.31. The van der Waals surface area contributed by atoms with Crippen LogP contribution in [0.15, 0.2) is 40.0 Å². The third-order valence-corrected chi connectivity index (χ3v) is 6.11. The number of guanidine groups is 1. The van der Waals surface area contributed by atoms with E-state index in [1.54, 1.807) is 12.3 Å². The fourth-order valence-corrected chi connectivity index (χ4v) is 4.27. The lowest BCUT2D eigenvalue weighted by molar-refractivity contribution is 0.145. The van der Waals surface area contributed by atoms with Crippen molar-refractivity contribution in [2.75, 3.05) is 50.7 Å². The molecule has 4 rings (SSSR count). The molecule has 2 aromatic rings. The van der Waals surface area contributed by atoms with Crippen molar-refractivity contribution < 1.29 is 14.0 Å². The Bertz CT molecular complexity index is 881. The Kier molecular flexibility index (Phi) is 9.75. The number of anilines is 1. The minimum atomic E-state index is -0.267. The van der Waals surface area contributed by atoms with Crippen molar-refractivity contribution in [2.24, 2.45) is 4.99 Å². The van der Waals surface area contributed by atoms with Crippen molar-refractivity contribution in [2.45, 2.75) is 39.0 Å². The summed E-state index contributed by atoms with van der Waals surface area (Å²) in [7, 11) is 0. The number of aliphatic imine (C=N–C) groups is 1. The zero-order chi connectivity index (χ0) is 22.3. The topological polar surface area (TPSA) is 80.4 Å². The Labute approximate surface area is 211 Å². The standard InChI is InChI=1S/C23H33FN6O2.HI/c1-2-25-23(30-12-10-28(11-13-30)17-19-7-14-32-27-19)26-16-18-3-4-22(21(24)15-18)29-8-5-20(31)6-9-29;/h3-4,7,14-15,20,31H,2,5-6,8-13,16-17H2,1H3,(H,25,26);1H. The maximum absolute atomic E-state index is 14.8. The van der Waals surface area contributed by atoms with Gasteiger partial charge in [-0.1, -0.05) is 11.2 Å². The predicted octanol–water partition coefficient (Wildman–Crippen LogP) is 2.68. The van der Waals surface area contributed by atoms with Crippen LogP contribution < -0.4 is 10.2 Å². The highest BCUT2D eigenvalue weighted by Crippen LogP contribution is 2.24. The molecular formula is C23H34FIN6O2. The molecule has 0 bridgehead atoms. The van der Waals surface area contributed by atoms with Crippen molar-refractivity contribution in [1.29, 1.82) is 0 Å². The third kappa shape index (κ3) is 7.03. The van der Waals surface area contributed by atoms with Crippen molar-refractivity contribution in [1.82, 2.24) is 20.3 Å². The summed E-state index contributed by atoms with van der Waals surface area (Å²) >= 11 is 0. The first-order valence-electron chi connectivity index (χ1n) is 11.5. The molecule has 0 radical (unpaired) electrons. The maximum Gasteiger partial charge on any atom is 0.194 e. The number of aromatic nitrogens is 1. The molecule has 0 aliphatic carbocycles. The van der Waals surface area contributed by atoms with E-state index in [2.05, 4.69) is 27.2 Å². The van der Waals surface area contributed by atoms with Crippen LogP contribution in [-0.4, -0.2) is 77.9 Å². The van der Waals surface area contributed by atoms with Crippen LogP contribution in [0.3, 0.4) is 0 Å². The van der Waals surface area contributed by atoms with Crippen LogP contribution in [0, 0.1) is 5.82 Å². The Morgan fingerprint density at radius 2 is 1.94 bits per heavy atom. The van der Waals surface area contributed by atoms with Gasteiger partial charge in [-0.3, -0.25) is 4.90 Å². The summed E-state index contributed by atoms with van der Waals surface area (Å²) < 4.78 is 19.7. The lowest BCUT2D eigenvalue weighted by Gasteiger charge is -2.36. The highest BCUT2D eigenvalue weighted by Gasteiger charge is 2.21. The van der Waals surface area contributed by atoms with Crippen LogP contribution in [0.25, 0.3) is 0 Å². The molecule has 2 saturated heterocycles. The predicted molar refractivity (Wildman–Crippen MR) is 137 cm³/mol. The Balaban J connectivity index is 0.00000306. The molecule has 10 heteroatoms. The van der Waals surface area contributed by atoms with Gasteiger partial charge in [0.25, 0.3) is 0 Å². The monoisotopic (exact) mass is 572 g/mol. The number of piperazine rings is 1. The zero-order valence-corrected chi connectivity index (χ0v) is 21.5. The second-order valence-electron chi connectivity index (χ2n) is 8.43. The van der Waals surface area contributed by atoms with Crippen LogP contribution in [0.5, 0.6) is 0 Å². The van der Waals surface area contributed by atoms with E-state index in [-0.39, 0.29) is 35.9 Å². The molecular weight excluding hydrogens is 538 g/mol. The van der Waals surface area contributed by atoms with Gasteiger partial charge in [0.1, 0.15) is 12.1 Å². The molecule has 0 saturated carbocycles. The number of nitrogens with zero attached hydrogens (tertiary/aromatic N) is 5. The molecule has 8 nitrogen and oxygen atoms in total. The molecule has 1 aromatic carbocycles. The number of hydrogen-bond acceptors (Lipinski definition) is 6. The van der Waals surface area contributed by atoms with E-state index in [9.17, 15) is 9.50 Å². The smallest absolute Gasteiger partial charge is 0.194 e. The second-order valence-corrected chi connectivity index (χ2v) is 8.43. The number of halogens is 2. The first kappa shape index (κ1) is 25.7. The zero-order valence-electron chi connectivity index (χ0n) is 19.1. The fraction of sp³-hybridized carbons (Fsp3) is 0.565. The van der Waals surface area contributed by atoms with Gasteiger partial charge in [0.05, 0.1) is 24.0 Å². The van der Waals surface area contributed by atoms with Gasteiger partial charge >= 0.3 is 0 Å². The van der Waals surface area contributed by atoms with E-state index in [0.29, 0.717) is 38.2 Å². The summed E-state index contributed by atoms with van der Waals surface area (Å²) in [5.41, 5.74) is 2.41. The Hall–Kier alpha value is -1.92. The second kappa shape index (κ2) is 12.5. The van der Waals surface area contributed by atoms with Gasteiger partial charge in [-0.25, -0.2) is 9.38 Å². The lowest BCUT2D eigenvalue weighted by atomic mass is 10.1.